The van der Waals surface area contributed by atoms with Gasteiger partial charge >= 0.3 is 0 Å². The summed E-state index contributed by atoms with van der Waals surface area (Å²) in [6, 6.07) is 9.34. The van der Waals surface area contributed by atoms with E-state index in [1.807, 2.05) is 42.1 Å². The number of hydrogen-bond acceptors (Lipinski definition) is 11. The fraction of sp³-hybridized carbons (Fsp3) is 0.385. The highest BCUT2D eigenvalue weighted by molar-refractivity contribution is 6.22. The standard InChI is InChI=1S/C39H43N7O8/c1-42(2)32-16-24-25(17-40-32)36(49)44(4)19-26(24)22-14-30(53-5)27(31(15-22)54-6)20-45-13-12-29(45)38(51)43(3)18-21-8-7-9-23-34(21)39(52)46(37(23)50)28-10-11-33(47)41-35(28)48/h7-9,14-17,19,28-29,35,48H,10-13,18,20H2,1-6H3,(H,41,47)/t28?,29-,35?/m0/s1. The van der Waals surface area contributed by atoms with E-state index in [0.29, 0.717) is 47.8 Å². The third kappa shape index (κ3) is 6.22. The number of methoxy groups -OCH3 is 2. The van der Waals surface area contributed by atoms with Crippen LogP contribution in [-0.2, 0) is 29.7 Å². The number of hydrogen-bond donors (Lipinski definition) is 2. The average molecular weight is 738 g/mol. The van der Waals surface area contributed by atoms with Crippen molar-refractivity contribution < 1.29 is 33.8 Å². The van der Waals surface area contributed by atoms with E-state index in [0.717, 1.165) is 27.0 Å². The van der Waals surface area contributed by atoms with E-state index in [9.17, 15) is 29.1 Å². The van der Waals surface area contributed by atoms with Crippen molar-refractivity contribution >= 4 is 40.2 Å². The van der Waals surface area contributed by atoms with E-state index >= 15 is 0 Å². The highest BCUT2D eigenvalue weighted by Gasteiger charge is 2.46. The normalized spacial score (nSPS) is 19.7. The number of aliphatic hydroxyl groups excluding tert-OH is 1. The number of pyridine rings is 2. The molecule has 2 N–H and O–H groups in total. The van der Waals surface area contributed by atoms with Crippen LogP contribution < -0.4 is 25.2 Å². The maximum absolute atomic E-state index is 13.9. The molecule has 7 rings (SSSR count). The maximum Gasteiger partial charge on any atom is 0.262 e. The fourth-order valence-electron chi connectivity index (χ4n) is 7.67. The minimum atomic E-state index is -1.36. The average Bonchev–Trinajstić information content (AvgIpc) is 3.40. The molecule has 2 saturated heterocycles. The number of rotatable bonds is 10. The molecule has 3 atom stereocenters. The summed E-state index contributed by atoms with van der Waals surface area (Å²) in [5, 5.41) is 14.1. The molecule has 54 heavy (non-hydrogen) atoms. The molecule has 0 aliphatic carbocycles. The molecule has 15 nitrogen and oxygen atoms in total. The second-order valence-electron chi connectivity index (χ2n) is 14.2. The van der Waals surface area contributed by atoms with Crippen LogP contribution in [0.4, 0.5) is 5.82 Å². The van der Waals surface area contributed by atoms with Gasteiger partial charge in [-0.3, -0.25) is 33.8 Å². The quantitative estimate of drug-likeness (QED) is 0.229. The lowest BCUT2D eigenvalue weighted by Gasteiger charge is -2.42. The first kappa shape index (κ1) is 36.6. The number of carbonyl (C=O) groups is 4. The predicted octanol–water partition coefficient (Wildman–Crippen LogP) is 2.11. The van der Waals surface area contributed by atoms with Crippen LogP contribution in [0.5, 0.6) is 11.5 Å². The number of fused-ring (bicyclic) bond motifs is 2. The molecule has 0 radical (unpaired) electrons. The Morgan fingerprint density at radius 2 is 1.70 bits per heavy atom. The summed E-state index contributed by atoms with van der Waals surface area (Å²) in [5.41, 5.74) is 3.11. The van der Waals surface area contributed by atoms with Crippen LogP contribution in [0.25, 0.3) is 21.9 Å². The number of carbonyl (C=O) groups excluding carboxylic acids is 4. The van der Waals surface area contributed by atoms with E-state index in [1.165, 1.54) is 4.57 Å². The lowest BCUT2D eigenvalue weighted by molar-refractivity contribution is -0.141. The Morgan fingerprint density at radius 3 is 2.33 bits per heavy atom. The number of likely N-dealkylation sites (N-methyl/N-ethyl adjacent to an activating group) is 1. The number of anilines is 1. The number of aryl methyl sites for hydroxylation is 1. The largest absolute Gasteiger partial charge is 0.496 e. The zero-order valence-corrected chi connectivity index (χ0v) is 31.1. The van der Waals surface area contributed by atoms with Crippen LogP contribution >= 0.6 is 0 Å². The number of imide groups is 1. The molecule has 2 unspecified atom stereocenters. The topological polar surface area (TPSA) is 167 Å². The Labute approximate surface area is 311 Å². The molecule has 2 fully saturated rings. The molecule has 4 amide bonds. The Kier molecular flexibility index (Phi) is 9.62. The van der Waals surface area contributed by atoms with Crippen LogP contribution in [0, 0.1) is 0 Å². The van der Waals surface area contributed by atoms with E-state index in [-0.39, 0.29) is 47.9 Å². The summed E-state index contributed by atoms with van der Waals surface area (Å²) < 4.78 is 13.3. The zero-order chi connectivity index (χ0) is 38.6. The van der Waals surface area contributed by atoms with Crippen LogP contribution in [0.15, 0.2) is 53.6 Å². The first-order chi connectivity index (χ1) is 25.8. The summed E-state index contributed by atoms with van der Waals surface area (Å²) in [4.78, 5) is 76.7. The van der Waals surface area contributed by atoms with Crippen LogP contribution in [-0.4, -0.2) is 113 Å². The van der Waals surface area contributed by atoms with Crippen molar-refractivity contribution in [3.63, 3.8) is 0 Å². The molecule has 3 aliphatic heterocycles. The van der Waals surface area contributed by atoms with Crippen molar-refractivity contribution in [1.29, 1.82) is 0 Å². The van der Waals surface area contributed by atoms with Gasteiger partial charge in [-0.25, -0.2) is 4.98 Å². The summed E-state index contributed by atoms with van der Waals surface area (Å²) in [6.45, 7) is 1.11. The van der Waals surface area contributed by atoms with Gasteiger partial charge < -0.3 is 34.3 Å². The number of nitrogens with one attached hydrogen (secondary N) is 1. The number of amides is 4. The third-order valence-electron chi connectivity index (χ3n) is 10.7. The van der Waals surface area contributed by atoms with Gasteiger partial charge in [0.05, 0.1) is 48.4 Å². The summed E-state index contributed by atoms with van der Waals surface area (Å²) in [7, 11) is 10.3. The van der Waals surface area contributed by atoms with Crippen molar-refractivity contribution in [1.82, 2.24) is 29.6 Å². The molecule has 5 heterocycles. The molecule has 282 valence electrons. The van der Waals surface area contributed by atoms with Crippen molar-refractivity contribution in [2.24, 2.45) is 7.05 Å². The molecule has 2 aromatic heterocycles. The molecular formula is C39H43N7O8. The summed E-state index contributed by atoms with van der Waals surface area (Å²) in [5.74, 6) is 0.256. The molecular weight excluding hydrogens is 694 g/mol. The monoisotopic (exact) mass is 737 g/mol. The number of likely N-dealkylation sites (tertiary alicyclic amines) is 1. The lowest BCUT2D eigenvalue weighted by atomic mass is 9.96. The summed E-state index contributed by atoms with van der Waals surface area (Å²) in [6.07, 6.45) is 2.89. The summed E-state index contributed by atoms with van der Waals surface area (Å²) >= 11 is 0. The van der Waals surface area contributed by atoms with Crippen LogP contribution in [0.2, 0.25) is 0 Å². The van der Waals surface area contributed by atoms with Gasteiger partial charge in [0.1, 0.15) is 23.5 Å². The van der Waals surface area contributed by atoms with Crippen LogP contribution in [0.1, 0.15) is 51.1 Å². The Balaban J connectivity index is 1.11. The molecule has 2 aromatic carbocycles. The number of ether oxygens (including phenoxy) is 2. The van der Waals surface area contributed by atoms with Crippen molar-refractivity contribution in [3.05, 3.63) is 81.4 Å². The number of benzene rings is 2. The highest BCUT2D eigenvalue weighted by Crippen LogP contribution is 2.40. The Bertz CT molecular complexity index is 2240. The molecule has 4 aromatic rings. The van der Waals surface area contributed by atoms with Gasteiger partial charge in [0.15, 0.2) is 0 Å². The lowest BCUT2D eigenvalue weighted by Crippen LogP contribution is -2.57. The molecule has 0 bridgehead atoms. The number of nitrogens with zero attached hydrogens (tertiary/aromatic N) is 6. The molecule has 3 aliphatic rings. The van der Waals surface area contributed by atoms with Crippen molar-refractivity contribution in [2.45, 2.75) is 50.7 Å². The van der Waals surface area contributed by atoms with Gasteiger partial charge in [-0.15, -0.1) is 0 Å². The first-order valence-electron chi connectivity index (χ1n) is 17.7. The predicted molar refractivity (Wildman–Crippen MR) is 199 cm³/mol. The fourth-order valence-corrected chi connectivity index (χ4v) is 7.67. The molecule has 15 heteroatoms. The van der Waals surface area contributed by atoms with E-state index < -0.39 is 30.1 Å². The van der Waals surface area contributed by atoms with E-state index in [4.69, 9.17) is 9.47 Å². The Hall–Kier alpha value is -5.80. The third-order valence-corrected chi connectivity index (χ3v) is 10.7. The smallest absolute Gasteiger partial charge is 0.262 e. The van der Waals surface area contributed by atoms with Crippen molar-refractivity contribution in [3.8, 4) is 22.6 Å². The molecule has 0 spiro atoms. The number of aliphatic hydroxyl groups is 1. The zero-order valence-electron chi connectivity index (χ0n) is 31.1. The molecule has 0 saturated carbocycles. The Morgan fingerprint density at radius 1 is 0.981 bits per heavy atom. The maximum atomic E-state index is 13.9. The second-order valence-corrected chi connectivity index (χ2v) is 14.2. The van der Waals surface area contributed by atoms with E-state index in [1.54, 1.807) is 63.8 Å². The number of piperidine rings is 1. The van der Waals surface area contributed by atoms with Gasteiger partial charge in [0.25, 0.3) is 17.4 Å². The second kappa shape index (κ2) is 14.2. The highest BCUT2D eigenvalue weighted by atomic mass is 16.5. The van der Waals surface area contributed by atoms with Gasteiger partial charge in [-0.2, -0.15) is 0 Å². The SMILES string of the molecule is COc1cc(-c2cn(C)c(=O)c3cnc(N(C)C)cc23)cc(OC)c1CN1CC[C@H]1C(=O)N(C)Cc1cccc2c1C(=O)N(C1CCC(=O)NC1O)C2=O. The van der Waals surface area contributed by atoms with Gasteiger partial charge in [0.2, 0.25) is 11.8 Å². The minimum absolute atomic E-state index is 0.0844. The van der Waals surface area contributed by atoms with Gasteiger partial charge in [0, 0.05) is 77.6 Å². The van der Waals surface area contributed by atoms with Gasteiger partial charge in [-0.05, 0) is 48.2 Å². The van der Waals surface area contributed by atoms with Crippen molar-refractivity contribution in [2.75, 3.05) is 46.8 Å². The number of aromatic nitrogens is 2. The first-order valence-corrected chi connectivity index (χ1v) is 17.7. The van der Waals surface area contributed by atoms with E-state index in [2.05, 4.69) is 10.3 Å². The van der Waals surface area contributed by atoms with Gasteiger partial charge in [-0.1, -0.05) is 12.1 Å². The minimum Gasteiger partial charge on any atom is -0.496 e. The van der Waals surface area contributed by atoms with Crippen LogP contribution in [0.3, 0.4) is 0 Å².